The monoisotopic (exact) mass is 568 g/mol. The summed E-state index contributed by atoms with van der Waals surface area (Å²) >= 11 is 0. The summed E-state index contributed by atoms with van der Waals surface area (Å²) in [7, 11) is 0. The molecule has 7 nitrogen and oxygen atoms in total. The summed E-state index contributed by atoms with van der Waals surface area (Å²) in [6.07, 6.45) is 0.491. The van der Waals surface area contributed by atoms with Crippen molar-refractivity contribution >= 4 is 17.7 Å². The molecular formula is C31H31F3N2O5. The first-order chi connectivity index (χ1) is 19.5. The molecule has 10 heteroatoms. The van der Waals surface area contributed by atoms with Crippen molar-refractivity contribution in [2.75, 3.05) is 31.1 Å². The summed E-state index contributed by atoms with van der Waals surface area (Å²) in [5.41, 5.74) is 1.84. The van der Waals surface area contributed by atoms with Crippen LogP contribution in [-0.4, -0.2) is 53.9 Å². The van der Waals surface area contributed by atoms with E-state index in [1.54, 1.807) is 32.9 Å². The van der Waals surface area contributed by atoms with Gasteiger partial charge in [-0.3, -0.25) is 9.80 Å². The summed E-state index contributed by atoms with van der Waals surface area (Å²) in [4.78, 5) is 27.7. The Balaban J connectivity index is 1.37. The molecule has 1 N–H and O–H groups in total. The molecule has 41 heavy (non-hydrogen) atoms. The second-order valence-electron chi connectivity index (χ2n) is 10.6. The first kappa shape index (κ1) is 28.5. The number of amides is 1. The van der Waals surface area contributed by atoms with Crippen molar-refractivity contribution in [3.05, 3.63) is 82.2 Å². The van der Waals surface area contributed by atoms with Crippen LogP contribution in [0, 0.1) is 31.3 Å². The minimum absolute atomic E-state index is 0.101. The van der Waals surface area contributed by atoms with Gasteiger partial charge < -0.3 is 14.6 Å². The number of benzene rings is 3. The number of carboxylic acid groups (broad SMARTS) is 1. The first-order valence-corrected chi connectivity index (χ1v) is 13.5. The van der Waals surface area contributed by atoms with E-state index in [9.17, 15) is 23.5 Å². The van der Waals surface area contributed by atoms with Crippen LogP contribution in [0.4, 0.5) is 23.7 Å². The lowest BCUT2D eigenvalue weighted by molar-refractivity contribution is -0.00116. The normalized spacial score (nSPS) is 16.7. The summed E-state index contributed by atoms with van der Waals surface area (Å²) in [5, 5.41) is 9.25. The van der Waals surface area contributed by atoms with Gasteiger partial charge in [-0.05, 0) is 73.9 Å². The van der Waals surface area contributed by atoms with Crippen LogP contribution in [0.25, 0.3) is 11.1 Å². The maximum atomic E-state index is 15.9. The van der Waals surface area contributed by atoms with Crippen LogP contribution in [-0.2, 0) is 11.3 Å². The number of aromatic carboxylic acids is 1. The fourth-order valence-corrected chi connectivity index (χ4v) is 5.72. The van der Waals surface area contributed by atoms with Crippen molar-refractivity contribution in [1.29, 1.82) is 0 Å². The predicted octanol–water partition coefficient (Wildman–Crippen LogP) is 6.48. The average molecular weight is 569 g/mol. The summed E-state index contributed by atoms with van der Waals surface area (Å²) in [6, 6.07) is 9.50. The van der Waals surface area contributed by atoms with E-state index in [0.29, 0.717) is 54.9 Å². The molecule has 5 rings (SSSR count). The number of hydrogen-bond acceptors (Lipinski definition) is 5. The highest BCUT2D eigenvalue weighted by molar-refractivity contribution is 5.93. The lowest BCUT2D eigenvalue weighted by atomic mass is 9.90. The third-order valence-electron chi connectivity index (χ3n) is 7.87. The van der Waals surface area contributed by atoms with Crippen LogP contribution >= 0.6 is 0 Å². The van der Waals surface area contributed by atoms with Gasteiger partial charge in [0.15, 0.2) is 11.6 Å². The smallest absolute Gasteiger partial charge is 0.415 e. The Kier molecular flexibility index (Phi) is 7.70. The minimum atomic E-state index is -1.05. The Morgan fingerprint density at radius 2 is 1.76 bits per heavy atom. The van der Waals surface area contributed by atoms with E-state index in [1.807, 2.05) is 4.90 Å². The quantitative estimate of drug-likeness (QED) is 0.352. The molecule has 2 saturated heterocycles. The standard InChI is InChI=1S/C31H31F3N2O5/c1-4-40-28-19(3)14-23(22-7-6-21(32)15-25(22)33)24(27(28)34)16-35-11-9-31(10-12-35)17-36(30(39)41-31)26-8-5-20(29(37)38)13-18(26)2/h5-8,13-15H,4,9-12,16-17H2,1-3H3,(H,37,38). The van der Waals surface area contributed by atoms with Gasteiger partial charge >= 0.3 is 12.1 Å². The Morgan fingerprint density at radius 3 is 2.39 bits per heavy atom. The average Bonchev–Trinajstić information content (AvgIpc) is 3.24. The molecule has 0 bridgehead atoms. The van der Waals surface area contributed by atoms with Crippen molar-refractivity contribution in [2.24, 2.45) is 0 Å². The number of likely N-dealkylation sites (tertiary alicyclic amines) is 1. The van der Waals surface area contributed by atoms with Crippen LogP contribution in [0.3, 0.4) is 0 Å². The molecule has 0 atom stereocenters. The van der Waals surface area contributed by atoms with Crippen LogP contribution in [0.2, 0.25) is 0 Å². The predicted molar refractivity (Wildman–Crippen MR) is 147 cm³/mol. The van der Waals surface area contributed by atoms with Crippen LogP contribution in [0.15, 0.2) is 42.5 Å². The lowest BCUT2D eigenvalue weighted by Crippen LogP contribution is -2.46. The number of anilines is 1. The number of carboxylic acids is 1. The largest absolute Gasteiger partial charge is 0.491 e. The van der Waals surface area contributed by atoms with Crippen molar-refractivity contribution in [3.8, 4) is 16.9 Å². The number of hydrogen-bond donors (Lipinski definition) is 1. The van der Waals surface area contributed by atoms with Crippen LogP contribution in [0.1, 0.15) is 46.8 Å². The number of carbonyl (C=O) groups excluding carboxylic acids is 1. The van der Waals surface area contributed by atoms with Gasteiger partial charge in [0.1, 0.15) is 17.2 Å². The summed E-state index contributed by atoms with van der Waals surface area (Å²) < 4.78 is 55.8. The van der Waals surface area contributed by atoms with Crippen LogP contribution < -0.4 is 9.64 Å². The number of nitrogens with zero attached hydrogens (tertiary/aromatic N) is 2. The third-order valence-corrected chi connectivity index (χ3v) is 7.87. The van der Waals surface area contributed by atoms with Crippen molar-refractivity contribution < 1.29 is 37.3 Å². The van der Waals surface area contributed by atoms with Gasteiger partial charge in [-0.15, -0.1) is 0 Å². The van der Waals surface area contributed by atoms with E-state index in [4.69, 9.17) is 9.47 Å². The molecule has 0 aromatic heterocycles. The van der Waals surface area contributed by atoms with E-state index < -0.39 is 35.1 Å². The lowest BCUT2D eigenvalue weighted by Gasteiger charge is -2.37. The number of ether oxygens (including phenoxy) is 2. The van der Waals surface area contributed by atoms with E-state index >= 15 is 4.39 Å². The number of aryl methyl sites for hydroxylation is 2. The Morgan fingerprint density at radius 1 is 1.02 bits per heavy atom. The van der Waals surface area contributed by atoms with E-state index in [0.717, 1.165) is 12.1 Å². The molecule has 2 aliphatic rings. The molecular weight excluding hydrogens is 537 g/mol. The molecule has 0 saturated carbocycles. The maximum Gasteiger partial charge on any atom is 0.415 e. The zero-order chi connectivity index (χ0) is 29.5. The molecule has 0 aliphatic carbocycles. The van der Waals surface area contributed by atoms with Gasteiger partial charge in [0.2, 0.25) is 0 Å². The van der Waals surface area contributed by atoms with Gasteiger partial charge in [0.05, 0.1) is 24.4 Å². The van der Waals surface area contributed by atoms with E-state index in [1.165, 1.54) is 23.1 Å². The molecule has 2 fully saturated rings. The van der Waals surface area contributed by atoms with Gasteiger partial charge in [-0.2, -0.15) is 0 Å². The van der Waals surface area contributed by atoms with Crippen molar-refractivity contribution in [3.63, 3.8) is 0 Å². The maximum absolute atomic E-state index is 15.9. The van der Waals surface area contributed by atoms with Crippen LogP contribution in [0.5, 0.6) is 5.75 Å². The highest BCUT2D eigenvalue weighted by Crippen LogP contribution is 2.40. The molecule has 1 amide bonds. The summed E-state index contributed by atoms with van der Waals surface area (Å²) in [6.45, 7) is 6.88. The molecule has 2 heterocycles. The molecule has 1 spiro atoms. The Hall–Kier alpha value is -4.05. The SMILES string of the molecule is CCOc1c(C)cc(-c2ccc(F)cc2F)c(CN2CCC3(CC2)CN(c2ccc(C(=O)O)cc2C)C(=O)O3)c1F. The summed E-state index contributed by atoms with van der Waals surface area (Å²) in [5.74, 6) is -3.02. The number of piperidine rings is 1. The zero-order valence-electron chi connectivity index (χ0n) is 23.1. The molecule has 3 aromatic rings. The zero-order valence-corrected chi connectivity index (χ0v) is 23.1. The van der Waals surface area contributed by atoms with E-state index in [2.05, 4.69) is 0 Å². The highest BCUT2D eigenvalue weighted by Gasteiger charge is 2.48. The topological polar surface area (TPSA) is 79.3 Å². The van der Waals surface area contributed by atoms with Crippen molar-refractivity contribution in [1.82, 2.24) is 4.90 Å². The number of carbonyl (C=O) groups is 2. The molecule has 0 unspecified atom stereocenters. The number of halogens is 3. The molecule has 216 valence electrons. The third kappa shape index (κ3) is 5.48. The number of rotatable bonds is 7. The fourth-order valence-electron chi connectivity index (χ4n) is 5.72. The highest BCUT2D eigenvalue weighted by atomic mass is 19.1. The second-order valence-corrected chi connectivity index (χ2v) is 10.6. The second kappa shape index (κ2) is 11.1. The molecule has 2 aliphatic heterocycles. The molecule has 0 radical (unpaired) electrons. The van der Waals surface area contributed by atoms with Gasteiger partial charge in [-0.25, -0.2) is 22.8 Å². The van der Waals surface area contributed by atoms with Crippen molar-refractivity contribution in [2.45, 2.75) is 45.8 Å². The van der Waals surface area contributed by atoms with E-state index in [-0.39, 0.29) is 35.6 Å². The van der Waals surface area contributed by atoms with Gasteiger partial charge in [0, 0.05) is 49.7 Å². The molecule has 3 aromatic carbocycles. The fraction of sp³-hybridized carbons (Fsp3) is 0.355. The minimum Gasteiger partial charge on any atom is -0.491 e. The first-order valence-electron chi connectivity index (χ1n) is 13.5. The Labute approximate surface area is 236 Å². The Bertz CT molecular complexity index is 1520. The van der Waals surface area contributed by atoms with Gasteiger partial charge in [-0.1, -0.05) is 0 Å². The van der Waals surface area contributed by atoms with Gasteiger partial charge in [0.25, 0.3) is 0 Å².